The van der Waals surface area contributed by atoms with E-state index in [1.54, 1.807) is 29.5 Å². The molecule has 0 fully saturated rings. The van der Waals surface area contributed by atoms with Crippen molar-refractivity contribution in [2.24, 2.45) is 0 Å². The van der Waals surface area contributed by atoms with Crippen molar-refractivity contribution in [3.8, 4) is 5.75 Å². The van der Waals surface area contributed by atoms with Crippen molar-refractivity contribution in [3.05, 3.63) is 49.6 Å². The average Bonchev–Trinajstić information content (AvgIpc) is 2.78. The molecule has 0 saturated heterocycles. The summed E-state index contributed by atoms with van der Waals surface area (Å²) in [5.41, 5.74) is 1.19. The molecule has 0 saturated carbocycles. The Balaban J connectivity index is 2.03. The van der Waals surface area contributed by atoms with Gasteiger partial charge in [-0.2, -0.15) is 0 Å². The number of hydrogen-bond acceptors (Lipinski definition) is 3. The van der Waals surface area contributed by atoms with Crippen LogP contribution in [0.1, 0.15) is 22.2 Å². The van der Waals surface area contributed by atoms with Gasteiger partial charge in [0.1, 0.15) is 12.4 Å². The zero-order valence-corrected chi connectivity index (χ0v) is 13.8. The van der Waals surface area contributed by atoms with Crippen molar-refractivity contribution >= 4 is 34.5 Å². The van der Waals surface area contributed by atoms with Gasteiger partial charge in [-0.05, 0) is 31.7 Å². The molecule has 0 amide bonds. The third-order valence-corrected chi connectivity index (χ3v) is 4.54. The Morgan fingerprint density at radius 3 is 2.80 bits per heavy atom. The molecular weight excluding hydrogens is 313 g/mol. The molecule has 2 nitrogen and oxygen atoms in total. The van der Waals surface area contributed by atoms with E-state index < -0.39 is 0 Å². The summed E-state index contributed by atoms with van der Waals surface area (Å²) in [4.78, 5) is 2.59. The summed E-state index contributed by atoms with van der Waals surface area (Å²) >= 11 is 13.8. The second kappa shape index (κ2) is 7.32. The van der Waals surface area contributed by atoms with Crippen LogP contribution in [0.4, 0.5) is 0 Å². The predicted molar refractivity (Wildman–Crippen MR) is 87.2 cm³/mol. The Hall–Kier alpha value is -0.740. The largest absolute Gasteiger partial charge is 0.487 e. The van der Waals surface area contributed by atoms with Crippen molar-refractivity contribution in [1.82, 2.24) is 5.32 Å². The number of halogens is 2. The van der Waals surface area contributed by atoms with Crippen molar-refractivity contribution < 1.29 is 4.74 Å². The number of rotatable bonds is 6. The van der Waals surface area contributed by atoms with Gasteiger partial charge in [0.2, 0.25) is 0 Å². The molecule has 5 heteroatoms. The van der Waals surface area contributed by atoms with Gasteiger partial charge in [-0.15, -0.1) is 11.3 Å². The third-order valence-electron chi connectivity index (χ3n) is 2.90. The first-order chi connectivity index (χ1) is 9.60. The molecule has 0 aliphatic rings. The van der Waals surface area contributed by atoms with Crippen LogP contribution in [0.5, 0.6) is 5.75 Å². The molecule has 1 aromatic heterocycles. The summed E-state index contributed by atoms with van der Waals surface area (Å²) in [5.74, 6) is 0.623. The molecule has 2 rings (SSSR count). The highest BCUT2D eigenvalue weighted by molar-refractivity contribution is 7.12. The molecule has 1 aromatic carbocycles. The minimum absolute atomic E-state index is 0.508. The predicted octanol–water partition coefficient (Wildman–Crippen LogP) is 5.05. The molecule has 1 N–H and O–H groups in total. The van der Waals surface area contributed by atoms with Crippen molar-refractivity contribution in [2.45, 2.75) is 27.0 Å². The van der Waals surface area contributed by atoms with Crippen LogP contribution in [-0.4, -0.2) is 6.54 Å². The van der Waals surface area contributed by atoms with Crippen LogP contribution in [0.25, 0.3) is 0 Å². The lowest BCUT2D eigenvalue weighted by Gasteiger charge is -2.08. The van der Waals surface area contributed by atoms with Gasteiger partial charge in [0.15, 0.2) is 0 Å². The first-order valence-corrected chi connectivity index (χ1v) is 8.04. The molecule has 1 heterocycles. The highest BCUT2D eigenvalue weighted by Gasteiger charge is 2.08. The van der Waals surface area contributed by atoms with E-state index in [1.807, 2.05) is 0 Å². The van der Waals surface area contributed by atoms with Crippen LogP contribution in [0, 0.1) is 6.92 Å². The van der Waals surface area contributed by atoms with Gasteiger partial charge in [-0.1, -0.05) is 30.1 Å². The molecule has 0 aliphatic carbocycles. The fraction of sp³-hybridized carbons (Fsp3) is 0.333. The highest BCUT2D eigenvalue weighted by Crippen LogP contribution is 2.29. The van der Waals surface area contributed by atoms with E-state index in [0.29, 0.717) is 22.4 Å². The molecule has 0 aliphatic heterocycles. The first-order valence-electron chi connectivity index (χ1n) is 6.47. The monoisotopic (exact) mass is 329 g/mol. The summed E-state index contributed by atoms with van der Waals surface area (Å²) in [7, 11) is 0. The Bertz CT molecular complexity index is 583. The van der Waals surface area contributed by atoms with Gasteiger partial charge < -0.3 is 10.1 Å². The maximum atomic E-state index is 6.08. The van der Waals surface area contributed by atoms with E-state index in [4.69, 9.17) is 27.9 Å². The Labute approximate surface area is 133 Å². The van der Waals surface area contributed by atoms with Gasteiger partial charge in [0, 0.05) is 33.0 Å². The first kappa shape index (κ1) is 15.6. The molecular formula is C15H17Cl2NOS. The third kappa shape index (κ3) is 4.13. The summed E-state index contributed by atoms with van der Waals surface area (Å²) in [6, 6.07) is 7.42. The standard InChI is InChI=1S/C15H17Cl2NOS/c1-3-18-8-13-6-11(10(2)20-13)9-19-15-7-12(16)4-5-14(15)17/h4-7,18H,3,8-9H2,1-2H3. The molecule has 0 unspecified atom stereocenters. The van der Waals surface area contributed by atoms with E-state index >= 15 is 0 Å². The Morgan fingerprint density at radius 1 is 1.25 bits per heavy atom. The van der Waals surface area contributed by atoms with Gasteiger partial charge in [0.05, 0.1) is 5.02 Å². The summed E-state index contributed by atoms with van der Waals surface area (Å²) in [5, 5.41) is 4.53. The number of aryl methyl sites for hydroxylation is 1. The van der Waals surface area contributed by atoms with E-state index in [2.05, 4.69) is 25.2 Å². The molecule has 0 atom stereocenters. The molecule has 2 aromatic rings. The fourth-order valence-electron chi connectivity index (χ4n) is 1.81. The van der Waals surface area contributed by atoms with Crippen LogP contribution < -0.4 is 10.1 Å². The molecule has 20 heavy (non-hydrogen) atoms. The summed E-state index contributed by atoms with van der Waals surface area (Å²) in [6.45, 7) is 6.60. The molecule has 0 radical (unpaired) electrons. The smallest absolute Gasteiger partial charge is 0.139 e. The fourth-order valence-corrected chi connectivity index (χ4v) is 3.16. The van der Waals surface area contributed by atoms with Crippen LogP contribution in [0.15, 0.2) is 24.3 Å². The maximum absolute atomic E-state index is 6.08. The zero-order valence-electron chi connectivity index (χ0n) is 11.5. The van der Waals surface area contributed by atoms with Gasteiger partial charge in [-0.3, -0.25) is 0 Å². The Kier molecular flexibility index (Phi) is 5.73. The van der Waals surface area contributed by atoms with Gasteiger partial charge in [0.25, 0.3) is 0 Å². The average molecular weight is 330 g/mol. The number of thiophene rings is 1. The SMILES string of the molecule is CCNCc1cc(COc2cc(Cl)ccc2Cl)c(C)s1. The lowest BCUT2D eigenvalue weighted by atomic mass is 10.2. The number of nitrogens with one attached hydrogen (secondary N) is 1. The molecule has 0 spiro atoms. The minimum atomic E-state index is 0.508. The van der Waals surface area contributed by atoms with E-state index in [-0.39, 0.29) is 0 Å². The topological polar surface area (TPSA) is 21.3 Å². The normalized spacial score (nSPS) is 10.8. The van der Waals surface area contributed by atoms with Crippen LogP contribution in [-0.2, 0) is 13.2 Å². The van der Waals surface area contributed by atoms with Crippen LogP contribution in [0.2, 0.25) is 10.0 Å². The van der Waals surface area contributed by atoms with Crippen molar-refractivity contribution in [3.63, 3.8) is 0 Å². The second-order valence-electron chi connectivity index (χ2n) is 4.44. The molecule has 0 bridgehead atoms. The lowest BCUT2D eigenvalue weighted by molar-refractivity contribution is 0.306. The number of benzene rings is 1. The van der Waals surface area contributed by atoms with Gasteiger partial charge >= 0.3 is 0 Å². The van der Waals surface area contributed by atoms with Gasteiger partial charge in [-0.25, -0.2) is 0 Å². The van der Waals surface area contributed by atoms with Crippen LogP contribution >= 0.6 is 34.5 Å². The maximum Gasteiger partial charge on any atom is 0.139 e. The van der Waals surface area contributed by atoms with E-state index in [9.17, 15) is 0 Å². The zero-order chi connectivity index (χ0) is 14.5. The summed E-state index contributed by atoms with van der Waals surface area (Å²) < 4.78 is 5.77. The van der Waals surface area contributed by atoms with Crippen molar-refractivity contribution in [1.29, 1.82) is 0 Å². The van der Waals surface area contributed by atoms with Crippen molar-refractivity contribution in [2.75, 3.05) is 6.54 Å². The quantitative estimate of drug-likeness (QED) is 0.800. The Morgan fingerprint density at radius 2 is 2.05 bits per heavy atom. The number of hydrogen-bond donors (Lipinski definition) is 1. The lowest BCUT2D eigenvalue weighted by Crippen LogP contribution is -2.10. The molecule has 108 valence electrons. The summed E-state index contributed by atoms with van der Waals surface area (Å²) in [6.07, 6.45) is 0. The minimum Gasteiger partial charge on any atom is -0.487 e. The van der Waals surface area contributed by atoms with E-state index in [1.165, 1.54) is 15.3 Å². The van der Waals surface area contributed by atoms with E-state index in [0.717, 1.165) is 13.1 Å². The highest BCUT2D eigenvalue weighted by atomic mass is 35.5. The number of ether oxygens (including phenoxy) is 1. The second-order valence-corrected chi connectivity index (χ2v) is 6.62. The van der Waals surface area contributed by atoms with Crippen LogP contribution in [0.3, 0.4) is 0 Å².